The topological polar surface area (TPSA) is 90.6 Å². The highest BCUT2D eigenvalue weighted by Gasteiger charge is 2.11. The van der Waals surface area contributed by atoms with Crippen molar-refractivity contribution in [3.63, 3.8) is 0 Å². The first-order valence-corrected chi connectivity index (χ1v) is 9.23. The Morgan fingerprint density at radius 1 is 0.966 bits per heavy atom. The summed E-state index contributed by atoms with van der Waals surface area (Å²) >= 11 is 0. The van der Waals surface area contributed by atoms with Crippen LogP contribution < -0.4 is 10.9 Å². The molecule has 2 aromatic heterocycles. The van der Waals surface area contributed by atoms with Crippen LogP contribution in [-0.4, -0.2) is 21.1 Å². The second-order valence-electron chi connectivity index (χ2n) is 6.90. The average molecular weight is 384 g/mol. The van der Waals surface area contributed by atoms with Crippen LogP contribution in [0.4, 0.5) is 5.69 Å². The number of rotatable bonds is 4. The molecule has 0 saturated carbocycles. The highest BCUT2D eigenvalue weighted by Crippen LogP contribution is 2.21. The number of hydrogen-bond acceptors (Lipinski definition) is 3. The number of aromatic nitrogens is 3. The third-order valence-electron chi connectivity index (χ3n) is 4.89. The molecule has 144 valence electrons. The number of carbonyl (C=O) groups is 1. The number of H-pyrrole nitrogens is 2. The minimum atomic E-state index is -0.235. The third-order valence-corrected chi connectivity index (χ3v) is 4.89. The van der Waals surface area contributed by atoms with Crippen LogP contribution in [0.1, 0.15) is 21.6 Å². The second kappa shape index (κ2) is 7.59. The number of benzene rings is 2. The highest BCUT2D eigenvalue weighted by atomic mass is 16.1. The number of nitrogens with zero attached hydrogens (tertiary/aromatic N) is 1. The summed E-state index contributed by atoms with van der Waals surface area (Å²) in [5.41, 5.74) is 5.98. The Labute approximate surface area is 167 Å². The summed E-state index contributed by atoms with van der Waals surface area (Å²) in [6.45, 7) is 3.81. The summed E-state index contributed by atoms with van der Waals surface area (Å²) in [6.07, 6.45) is 1.69. The fraction of sp³-hybridized carbons (Fsp3) is 0.0870. The molecule has 4 aromatic rings. The maximum Gasteiger partial charge on any atom is 0.256 e. The maximum absolute atomic E-state index is 12.7. The number of hydrogen-bond donors (Lipinski definition) is 3. The van der Waals surface area contributed by atoms with Crippen LogP contribution in [0.25, 0.3) is 22.4 Å². The van der Waals surface area contributed by atoms with E-state index in [1.165, 1.54) is 0 Å². The van der Waals surface area contributed by atoms with Crippen LogP contribution >= 0.6 is 0 Å². The Kier molecular flexibility index (Phi) is 4.83. The average Bonchev–Trinajstić information content (AvgIpc) is 3.26. The fourth-order valence-corrected chi connectivity index (χ4v) is 3.12. The standard InChI is InChI=1S/C23H20N4O2/c1-14-12-20(23(29)25-15(14)2)17-4-3-5-18(13-17)22(28)26-19-8-6-16(7-9-19)21-10-11-24-27-21/h3-13H,1-2H3,(H,24,27)(H,25,29)(H,26,28). The van der Waals surface area contributed by atoms with Gasteiger partial charge in [0.05, 0.1) is 5.69 Å². The second-order valence-corrected chi connectivity index (χ2v) is 6.90. The molecule has 0 atom stereocenters. The molecule has 4 rings (SSSR count). The molecular formula is C23H20N4O2. The van der Waals surface area contributed by atoms with Crippen molar-refractivity contribution in [2.45, 2.75) is 13.8 Å². The van der Waals surface area contributed by atoms with E-state index in [2.05, 4.69) is 20.5 Å². The SMILES string of the molecule is Cc1cc(-c2cccc(C(=O)Nc3ccc(-c4ccn[nH]4)cc3)c2)c(=O)[nH]c1C. The zero-order chi connectivity index (χ0) is 20.4. The van der Waals surface area contributed by atoms with E-state index in [1.807, 2.05) is 56.3 Å². The molecule has 0 aliphatic carbocycles. The summed E-state index contributed by atoms with van der Waals surface area (Å²) < 4.78 is 0. The number of aryl methyl sites for hydroxylation is 2. The molecule has 2 heterocycles. The Balaban J connectivity index is 1.56. The fourth-order valence-electron chi connectivity index (χ4n) is 3.12. The first-order valence-electron chi connectivity index (χ1n) is 9.23. The molecule has 6 nitrogen and oxygen atoms in total. The lowest BCUT2D eigenvalue weighted by molar-refractivity contribution is 0.102. The van der Waals surface area contributed by atoms with Crippen LogP contribution in [-0.2, 0) is 0 Å². The minimum Gasteiger partial charge on any atom is -0.326 e. The van der Waals surface area contributed by atoms with Gasteiger partial charge < -0.3 is 10.3 Å². The quantitative estimate of drug-likeness (QED) is 0.490. The van der Waals surface area contributed by atoms with Gasteiger partial charge in [-0.2, -0.15) is 5.10 Å². The zero-order valence-corrected chi connectivity index (χ0v) is 16.1. The molecule has 0 unspecified atom stereocenters. The van der Waals surface area contributed by atoms with Gasteiger partial charge in [0.15, 0.2) is 0 Å². The predicted octanol–water partition coefficient (Wildman–Crippen LogP) is 4.30. The van der Waals surface area contributed by atoms with E-state index in [4.69, 9.17) is 0 Å². The van der Waals surface area contributed by atoms with Crippen LogP contribution in [0, 0.1) is 13.8 Å². The largest absolute Gasteiger partial charge is 0.326 e. The van der Waals surface area contributed by atoms with Gasteiger partial charge in [-0.05, 0) is 66.9 Å². The van der Waals surface area contributed by atoms with E-state index in [9.17, 15) is 9.59 Å². The summed E-state index contributed by atoms with van der Waals surface area (Å²) in [6, 6.07) is 18.3. The summed E-state index contributed by atoms with van der Waals surface area (Å²) in [4.78, 5) is 27.9. The lowest BCUT2D eigenvalue weighted by Crippen LogP contribution is -2.13. The van der Waals surface area contributed by atoms with Crippen LogP contribution in [0.5, 0.6) is 0 Å². The van der Waals surface area contributed by atoms with Crippen molar-refractivity contribution in [2.24, 2.45) is 0 Å². The van der Waals surface area contributed by atoms with E-state index < -0.39 is 0 Å². The smallest absolute Gasteiger partial charge is 0.256 e. The molecular weight excluding hydrogens is 364 g/mol. The van der Waals surface area contributed by atoms with Gasteiger partial charge in [-0.25, -0.2) is 0 Å². The van der Waals surface area contributed by atoms with Gasteiger partial charge in [0.25, 0.3) is 11.5 Å². The van der Waals surface area contributed by atoms with E-state index in [0.717, 1.165) is 22.5 Å². The van der Waals surface area contributed by atoms with E-state index in [1.54, 1.807) is 24.4 Å². The van der Waals surface area contributed by atoms with Crippen molar-refractivity contribution < 1.29 is 4.79 Å². The lowest BCUT2D eigenvalue weighted by atomic mass is 10.0. The van der Waals surface area contributed by atoms with Gasteiger partial charge in [-0.3, -0.25) is 14.7 Å². The van der Waals surface area contributed by atoms with Gasteiger partial charge in [-0.15, -0.1) is 0 Å². The first-order chi connectivity index (χ1) is 14.0. The van der Waals surface area contributed by atoms with E-state index >= 15 is 0 Å². The molecule has 0 aliphatic heterocycles. The number of pyridine rings is 1. The van der Waals surface area contributed by atoms with Crippen molar-refractivity contribution >= 4 is 11.6 Å². The Morgan fingerprint density at radius 2 is 1.76 bits per heavy atom. The van der Waals surface area contributed by atoms with Crippen molar-refractivity contribution in [3.8, 4) is 22.4 Å². The van der Waals surface area contributed by atoms with Gasteiger partial charge in [-0.1, -0.05) is 24.3 Å². The molecule has 0 spiro atoms. The zero-order valence-electron chi connectivity index (χ0n) is 16.1. The number of anilines is 1. The highest BCUT2D eigenvalue weighted by molar-refractivity contribution is 6.05. The normalized spacial score (nSPS) is 10.7. The van der Waals surface area contributed by atoms with E-state index in [0.29, 0.717) is 22.4 Å². The number of carbonyl (C=O) groups excluding carboxylic acids is 1. The van der Waals surface area contributed by atoms with Gasteiger partial charge in [0.1, 0.15) is 0 Å². The molecule has 0 saturated heterocycles. The number of amides is 1. The molecule has 0 aliphatic rings. The molecule has 0 bridgehead atoms. The van der Waals surface area contributed by atoms with Crippen molar-refractivity contribution in [2.75, 3.05) is 5.32 Å². The van der Waals surface area contributed by atoms with Crippen LogP contribution in [0.2, 0.25) is 0 Å². The van der Waals surface area contributed by atoms with Crippen molar-refractivity contribution in [1.29, 1.82) is 0 Å². The monoisotopic (exact) mass is 384 g/mol. The van der Waals surface area contributed by atoms with Gasteiger partial charge in [0.2, 0.25) is 0 Å². The Morgan fingerprint density at radius 3 is 2.48 bits per heavy atom. The van der Waals surface area contributed by atoms with Gasteiger partial charge >= 0.3 is 0 Å². The predicted molar refractivity (Wildman–Crippen MR) is 114 cm³/mol. The maximum atomic E-state index is 12.7. The van der Waals surface area contributed by atoms with Crippen molar-refractivity contribution in [1.82, 2.24) is 15.2 Å². The Hall–Kier alpha value is -3.93. The first kappa shape index (κ1) is 18.4. The molecule has 29 heavy (non-hydrogen) atoms. The third kappa shape index (κ3) is 3.87. The summed E-state index contributed by atoms with van der Waals surface area (Å²) in [5.74, 6) is -0.235. The van der Waals surface area contributed by atoms with Gasteiger partial charge in [0, 0.05) is 28.7 Å². The molecule has 2 aromatic carbocycles. The summed E-state index contributed by atoms with van der Waals surface area (Å²) in [7, 11) is 0. The lowest BCUT2D eigenvalue weighted by Gasteiger charge is -2.09. The number of aromatic amines is 2. The Bertz CT molecular complexity index is 1220. The van der Waals surface area contributed by atoms with Crippen LogP contribution in [0.3, 0.4) is 0 Å². The van der Waals surface area contributed by atoms with E-state index in [-0.39, 0.29) is 11.5 Å². The van der Waals surface area contributed by atoms with Crippen molar-refractivity contribution in [3.05, 3.63) is 94.0 Å². The number of nitrogens with one attached hydrogen (secondary N) is 3. The molecule has 0 radical (unpaired) electrons. The molecule has 0 fully saturated rings. The molecule has 6 heteroatoms. The molecule has 3 N–H and O–H groups in total. The molecule has 1 amide bonds. The summed E-state index contributed by atoms with van der Waals surface area (Å²) in [5, 5.41) is 9.74. The van der Waals surface area contributed by atoms with Crippen LogP contribution in [0.15, 0.2) is 71.7 Å². The minimum absolute atomic E-state index is 0.167.